The third kappa shape index (κ3) is 9.37. The summed E-state index contributed by atoms with van der Waals surface area (Å²) >= 11 is 0. The fourth-order valence-electron chi connectivity index (χ4n) is 12.1. The first-order valence-corrected chi connectivity index (χ1v) is 25.7. The van der Waals surface area contributed by atoms with E-state index in [4.69, 9.17) is 0 Å². The first-order chi connectivity index (χ1) is 35.2. The summed E-state index contributed by atoms with van der Waals surface area (Å²) in [5.41, 5.74) is 5.17. The van der Waals surface area contributed by atoms with Crippen molar-refractivity contribution < 1.29 is 32.3 Å². The van der Waals surface area contributed by atoms with E-state index < -0.39 is 29.4 Å². The summed E-state index contributed by atoms with van der Waals surface area (Å²) < 4.78 is 49.7. The number of hydrogen-bond donors (Lipinski definition) is 2. The second kappa shape index (κ2) is 19.7. The van der Waals surface area contributed by atoms with Gasteiger partial charge in [-0.1, -0.05) is 18.2 Å². The number of amides is 4. The molecule has 5 aliphatic heterocycles. The van der Waals surface area contributed by atoms with Crippen LogP contribution in [0.1, 0.15) is 90.5 Å². The van der Waals surface area contributed by atoms with Gasteiger partial charge in [-0.15, -0.1) is 0 Å². The molecule has 73 heavy (non-hydrogen) atoms. The molecule has 6 aliphatic rings. The van der Waals surface area contributed by atoms with Crippen LogP contribution in [0.2, 0.25) is 0 Å². The lowest BCUT2D eigenvalue weighted by atomic mass is 9.93. The van der Waals surface area contributed by atoms with Gasteiger partial charge >= 0.3 is 0 Å². The van der Waals surface area contributed by atoms with Crippen molar-refractivity contribution in [3.8, 4) is 5.69 Å². The van der Waals surface area contributed by atoms with Crippen LogP contribution in [0.4, 0.5) is 24.5 Å². The van der Waals surface area contributed by atoms with Crippen LogP contribution in [0.25, 0.3) is 22.3 Å². The van der Waals surface area contributed by atoms with Gasteiger partial charge < -0.3 is 14.8 Å². The fraction of sp³-hybridized carbons (Fsp3) is 0.455. The lowest BCUT2D eigenvalue weighted by Crippen LogP contribution is -2.54. The number of nitrogens with one attached hydrogen (secondary N) is 2. The van der Waals surface area contributed by atoms with Crippen LogP contribution in [0, 0.1) is 29.3 Å². The van der Waals surface area contributed by atoms with E-state index in [1.807, 2.05) is 29.8 Å². The van der Waals surface area contributed by atoms with Crippen LogP contribution in [0.5, 0.6) is 0 Å². The number of piperidine rings is 2. The predicted octanol–water partition coefficient (Wildman–Crippen LogP) is 6.18. The maximum absolute atomic E-state index is 15.9. The Balaban J connectivity index is 0.667. The van der Waals surface area contributed by atoms with Gasteiger partial charge in [0.25, 0.3) is 11.5 Å². The largest absolute Gasteiger partial charge is 0.386 e. The van der Waals surface area contributed by atoms with Gasteiger partial charge in [0.2, 0.25) is 17.7 Å². The number of nitrogens with zero attached hydrogens (tertiary/aromatic N) is 8. The number of carbonyl (C=O) groups is 4. The van der Waals surface area contributed by atoms with E-state index >= 15 is 8.78 Å². The number of imide groups is 1. The van der Waals surface area contributed by atoms with Gasteiger partial charge in [-0.2, -0.15) is 0 Å². The zero-order valence-corrected chi connectivity index (χ0v) is 41.5. The summed E-state index contributed by atoms with van der Waals surface area (Å²) in [6.07, 6.45) is 9.14. The predicted molar refractivity (Wildman–Crippen MR) is 271 cm³/mol. The molecule has 3 atom stereocenters. The summed E-state index contributed by atoms with van der Waals surface area (Å²) in [4.78, 5) is 80.2. The van der Waals surface area contributed by atoms with Crippen molar-refractivity contribution in [1.29, 1.82) is 0 Å². The number of likely N-dealkylation sites (tertiary alicyclic amines) is 1. The van der Waals surface area contributed by atoms with E-state index in [1.54, 1.807) is 29.1 Å². The molecule has 3 saturated heterocycles. The molecule has 2 N–H and O–H groups in total. The number of anilines is 2. The number of rotatable bonds is 12. The molecule has 15 nitrogen and oxygen atoms in total. The van der Waals surface area contributed by atoms with Gasteiger partial charge in [0.15, 0.2) is 5.82 Å². The topological polar surface area (TPSA) is 148 Å². The first-order valence-electron chi connectivity index (χ1n) is 25.7. The normalized spacial score (nSPS) is 22.5. The van der Waals surface area contributed by atoms with Crippen LogP contribution < -0.4 is 21.1 Å². The van der Waals surface area contributed by atoms with E-state index in [1.165, 1.54) is 29.0 Å². The molecular weight excluding hydrogens is 938 g/mol. The fourth-order valence-corrected chi connectivity index (χ4v) is 12.1. The number of aromatic nitrogens is 3. The van der Waals surface area contributed by atoms with Crippen molar-refractivity contribution in [2.75, 3.05) is 69.6 Å². The van der Waals surface area contributed by atoms with Gasteiger partial charge in [0.1, 0.15) is 23.3 Å². The number of aryl methyl sites for hydroxylation is 1. The van der Waals surface area contributed by atoms with Gasteiger partial charge in [0, 0.05) is 132 Å². The maximum Gasteiger partial charge on any atom is 0.257 e. The molecule has 1 saturated carbocycles. The van der Waals surface area contributed by atoms with Gasteiger partial charge in [-0.3, -0.25) is 53.5 Å². The van der Waals surface area contributed by atoms with Crippen LogP contribution >= 0.6 is 0 Å². The third-order valence-electron chi connectivity index (χ3n) is 16.3. The lowest BCUT2D eigenvalue weighted by molar-refractivity contribution is -0.135. The zero-order chi connectivity index (χ0) is 50.8. The Hall–Kier alpha value is -6.63. The lowest BCUT2D eigenvalue weighted by Gasteiger charge is -2.42. The summed E-state index contributed by atoms with van der Waals surface area (Å²) in [5.74, 6) is -2.72. The number of fused-ring (bicyclic) bond motifs is 2. The highest BCUT2D eigenvalue weighted by molar-refractivity contribution is 6.12. The molecule has 11 rings (SSSR count). The second-order valence-corrected chi connectivity index (χ2v) is 21.0. The number of pyridine rings is 2. The van der Waals surface area contributed by atoms with E-state index in [2.05, 4.69) is 49.4 Å². The minimum Gasteiger partial charge on any atom is -0.386 e. The average molecular weight is 999 g/mol. The molecule has 3 aromatic heterocycles. The molecule has 1 unspecified atom stereocenters. The van der Waals surface area contributed by atoms with Crippen LogP contribution in [0.15, 0.2) is 71.8 Å². The quantitative estimate of drug-likeness (QED) is 0.139. The van der Waals surface area contributed by atoms with Crippen molar-refractivity contribution >= 4 is 51.6 Å². The molecule has 4 amide bonds. The molecule has 1 aliphatic carbocycles. The van der Waals surface area contributed by atoms with E-state index in [0.717, 1.165) is 80.9 Å². The van der Waals surface area contributed by atoms with Crippen LogP contribution in [-0.2, 0) is 34.5 Å². The van der Waals surface area contributed by atoms with Crippen molar-refractivity contribution in [2.24, 2.45) is 18.9 Å². The molecule has 0 radical (unpaired) electrons. The first kappa shape index (κ1) is 48.6. The summed E-state index contributed by atoms with van der Waals surface area (Å²) in [6.45, 7) is 9.11. The second-order valence-electron chi connectivity index (χ2n) is 21.0. The molecular formula is C55H61F3N10O5. The molecule has 5 aromatic rings. The molecule has 0 spiro atoms. The van der Waals surface area contributed by atoms with E-state index in [0.29, 0.717) is 79.8 Å². The number of carbonyl (C=O) groups excluding carboxylic acids is 4. The van der Waals surface area contributed by atoms with E-state index in [9.17, 15) is 28.4 Å². The standard InChI is InChI=1S/C55H61F3N10O5/c1-32-27-64(28-34-4-7-46-39(22-34)50(35-5-6-35)55(73)68(46)47-8-9-48(69)61-53(47)71)20-21-66(32)29-33-11-18-65(19-12-33)54(72)37-23-41(56)51(42(57)24-37)36-13-16-63(17-14-36)30-38-25-40-45(10-15-60-52(40)62(38)3)67-31-43(58)44(59-2)26-49(67)70/h4,7,10,13,15,22-26,31-33,35,47,50,59H,5-6,8-9,11-12,14,16-21,27-30H2,1-3H3,(H,61,69,71)/t32-,47+,50?/m0/s1. The summed E-state index contributed by atoms with van der Waals surface area (Å²) in [5, 5.41) is 5.80. The summed E-state index contributed by atoms with van der Waals surface area (Å²) in [7, 11) is 3.43. The van der Waals surface area contributed by atoms with Gasteiger partial charge in [0.05, 0.1) is 23.5 Å². The SMILES string of the molecule is CNc1cc(=O)n(-c2ccnc3c2cc(CN2CC=C(c4c(F)cc(C(=O)N5CCC(CN6CCN(Cc7ccc8c(c7)C(C7CC7)C(=O)N8[C@@H]7CCC(=O)NC7=O)C[C@@H]6C)CC5)cc4F)CC2)n3C)cc1F. The minimum absolute atomic E-state index is 0.0105. The number of halogens is 3. The van der Waals surface area contributed by atoms with Gasteiger partial charge in [-0.25, -0.2) is 18.2 Å². The Morgan fingerprint density at radius 2 is 1.62 bits per heavy atom. The Kier molecular flexibility index (Phi) is 13.1. The number of benzene rings is 2. The molecule has 382 valence electrons. The van der Waals surface area contributed by atoms with Crippen molar-refractivity contribution in [1.82, 2.24) is 39.0 Å². The highest BCUT2D eigenvalue weighted by Gasteiger charge is 2.50. The third-order valence-corrected chi connectivity index (χ3v) is 16.3. The smallest absolute Gasteiger partial charge is 0.257 e. The number of piperazine rings is 1. The Labute approximate surface area is 421 Å². The van der Waals surface area contributed by atoms with Crippen molar-refractivity contribution in [2.45, 2.75) is 83.0 Å². The molecule has 4 fully saturated rings. The van der Waals surface area contributed by atoms with E-state index in [-0.39, 0.29) is 58.4 Å². The highest BCUT2D eigenvalue weighted by Crippen LogP contribution is 2.51. The molecule has 18 heteroatoms. The van der Waals surface area contributed by atoms with Gasteiger partial charge in [-0.05, 0) is 104 Å². The Morgan fingerprint density at radius 3 is 2.32 bits per heavy atom. The monoisotopic (exact) mass is 998 g/mol. The highest BCUT2D eigenvalue weighted by atomic mass is 19.1. The number of hydrogen-bond acceptors (Lipinski definition) is 10. The van der Waals surface area contributed by atoms with Crippen LogP contribution in [0.3, 0.4) is 0 Å². The Morgan fingerprint density at radius 1 is 0.836 bits per heavy atom. The molecule has 0 bridgehead atoms. The van der Waals surface area contributed by atoms with Crippen molar-refractivity contribution in [3.63, 3.8) is 0 Å². The minimum atomic E-state index is -0.752. The average Bonchev–Trinajstić information content (AvgIpc) is 4.11. The maximum atomic E-state index is 15.9. The van der Waals surface area contributed by atoms with Crippen LogP contribution in [-0.4, -0.2) is 129 Å². The molecule has 8 heterocycles. The zero-order valence-electron chi connectivity index (χ0n) is 41.5. The summed E-state index contributed by atoms with van der Waals surface area (Å²) in [6, 6.07) is 13.1. The molecule has 2 aromatic carbocycles. The van der Waals surface area contributed by atoms with Crippen molar-refractivity contribution in [3.05, 3.63) is 123 Å². The Bertz CT molecular complexity index is 3120.